The third-order valence-corrected chi connectivity index (χ3v) is 4.74. The molecular weight excluding hydrogens is 509 g/mol. The molecule has 1 aliphatic heterocycles. The van der Waals surface area contributed by atoms with Gasteiger partial charge in [-0.2, -0.15) is 0 Å². The van der Waals surface area contributed by atoms with Gasteiger partial charge in [0.15, 0.2) is 5.96 Å². The molecule has 31 heavy (non-hydrogen) atoms. The van der Waals surface area contributed by atoms with Gasteiger partial charge in [0.25, 0.3) is 0 Å². The summed E-state index contributed by atoms with van der Waals surface area (Å²) < 4.78 is 22.1. The first-order chi connectivity index (χ1) is 14.8. The minimum absolute atomic E-state index is 0. The van der Waals surface area contributed by atoms with E-state index in [9.17, 15) is 0 Å². The van der Waals surface area contributed by atoms with Crippen molar-refractivity contribution in [1.82, 2.24) is 10.6 Å². The fourth-order valence-electron chi connectivity index (χ4n) is 3.13. The van der Waals surface area contributed by atoms with Gasteiger partial charge in [0.05, 0.1) is 39.6 Å². The van der Waals surface area contributed by atoms with Gasteiger partial charge in [-0.15, -0.1) is 24.0 Å². The molecule has 1 heterocycles. The maximum Gasteiger partial charge on any atom is 0.191 e. The number of benzene rings is 1. The normalized spacial score (nSPS) is 16.2. The zero-order chi connectivity index (χ0) is 21.3. The summed E-state index contributed by atoms with van der Waals surface area (Å²) in [6.07, 6.45) is 2.07. The number of aliphatic imine (C=N–C) groups is 1. The van der Waals surface area contributed by atoms with Crippen molar-refractivity contribution < 1.29 is 18.9 Å². The molecular formula is C23H40IN3O4. The Morgan fingerprint density at radius 1 is 1.10 bits per heavy atom. The molecule has 1 saturated heterocycles. The van der Waals surface area contributed by atoms with Crippen molar-refractivity contribution in [2.24, 2.45) is 10.9 Å². The highest BCUT2D eigenvalue weighted by atomic mass is 127. The number of guanidine groups is 1. The molecule has 0 bridgehead atoms. The number of ether oxygens (including phenoxy) is 4. The third-order valence-electron chi connectivity index (χ3n) is 4.74. The van der Waals surface area contributed by atoms with Crippen molar-refractivity contribution in [3.63, 3.8) is 0 Å². The van der Waals surface area contributed by atoms with Crippen LogP contribution in [0.3, 0.4) is 0 Å². The number of nitrogens with one attached hydrogen (secondary N) is 2. The molecule has 0 aliphatic carbocycles. The highest BCUT2D eigenvalue weighted by molar-refractivity contribution is 14.0. The predicted molar refractivity (Wildman–Crippen MR) is 135 cm³/mol. The van der Waals surface area contributed by atoms with Crippen molar-refractivity contribution in [3.05, 3.63) is 35.4 Å². The van der Waals surface area contributed by atoms with Crippen LogP contribution in [-0.2, 0) is 32.1 Å². The molecule has 1 fully saturated rings. The summed E-state index contributed by atoms with van der Waals surface area (Å²) in [5.41, 5.74) is 2.32. The molecule has 8 heteroatoms. The van der Waals surface area contributed by atoms with Gasteiger partial charge in [-0.25, -0.2) is 4.99 Å². The van der Waals surface area contributed by atoms with Crippen LogP contribution in [0, 0.1) is 5.92 Å². The average molecular weight is 549 g/mol. The average Bonchev–Trinajstić information content (AvgIpc) is 3.28. The van der Waals surface area contributed by atoms with E-state index >= 15 is 0 Å². The summed E-state index contributed by atoms with van der Waals surface area (Å²) in [4.78, 5) is 4.70. The van der Waals surface area contributed by atoms with Gasteiger partial charge >= 0.3 is 0 Å². The summed E-state index contributed by atoms with van der Waals surface area (Å²) >= 11 is 0. The maximum absolute atomic E-state index is 5.76. The molecule has 1 aliphatic rings. The Morgan fingerprint density at radius 3 is 2.71 bits per heavy atom. The quantitative estimate of drug-likeness (QED) is 0.151. The Kier molecular flexibility index (Phi) is 16.9. The lowest BCUT2D eigenvalue weighted by Gasteiger charge is -2.12. The standard InChI is InChI=1S/C23H39N3O4.HI/c1-3-24-23(25-10-6-11-28-18-22-9-12-29-19-22)26-16-20-7-5-8-21(15-20)17-30-14-13-27-4-2;/h5,7-8,15,22H,3-4,6,9-14,16-19H2,1-2H3,(H2,24,25,26);1H. The minimum Gasteiger partial charge on any atom is -0.381 e. The second-order valence-corrected chi connectivity index (χ2v) is 7.35. The molecule has 0 saturated carbocycles. The fourth-order valence-corrected chi connectivity index (χ4v) is 3.13. The van der Waals surface area contributed by atoms with Crippen LogP contribution in [0.2, 0.25) is 0 Å². The van der Waals surface area contributed by atoms with Gasteiger partial charge in [0, 0.05) is 38.8 Å². The van der Waals surface area contributed by atoms with Crippen LogP contribution in [0.25, 0.3) is 0 Å². The number of rotatable bonds is 15. The summed E-state index contributed by atoms with van der Waals surface area (Å²) in [6, 6.07) is 8.37. The van der Waals surface area contributed by atoms with Crippen molar-refractivity contribution in [3.8, 4) is 0 Å². The monoisotopic (exact) mass is 549 g/mol. The smallest absolute Gasteiger partial charge is 0.191 e. The van der Waals surface area contributed by atoms with Crippen molar-refractivity contribution >= 4 is 29.9 Å². The van der Waals surface area contributed by atoms with Crippen molar-refractivity contribution in [1.29, 1.82) is 0 Å². The van der Waals surface area contributed by atoms with Crippen LogP contribution in [0.15, 0.2) is 29.3 Å². The van der Waals surface area contributed by atoms with Gasteiger partial charge in [-0.1, -0.05) is 24.3 Å². The van der Waals surface area contributed by atoms with E-state index in [1.54, 1.807) is 0 Å². The lowest BCUT2D eigenvalue weighted by atomic mass is 10.1. The van der Waals surface area contributed by atoms with Gasteiger partial charge in [-0.3, -0.25) is 0 Å². The Labute approximate surface area is 204 Å². The Hall–Kier alpha value is -0.940. The molecule has 0 amide bonds. The Bertz CT molecular complexity index is 598. The Morgan fingerprint density at radius 2 is 1.94 bits per heavy atom. The zero-order valence-corrected chi connectivity index (χ0v) is 21.4. The first-order valence-corrected chi connectivity index (χ1v) is 11.2. The lowest BCUT2D eigenvalue weighted by molar-refractivity contribution is 0.0453. The van der Waals surface area contributed by atoms with E-state index in [1.165, 1.54) is 5.56 Å². The molecule has 1 aromatic carbocycles. The van der Waals surface area contributed by atoms with Crippen LogP contribution in [0.1, 0.15) is 37.8 Å². The molecule has 178 valence electrons. The molecule has 1 aromatic rings. The van der Waals surface area contributed by atoms with E-state index in [0.29, 0.717) is 32.3 Å². The SMILES string of the molecule is CCNC(=NCc1cccc(COCCOCC)c1)NCCCOCC1CCOC1.I. The third kappa shape index (κ3) is 13.3. The lowest BCUT2D eigenvalue weighted by Crippen LogP contribution is -2.38. The van der Waals surface area contributed by atoms with E-state index in [1.807, 2.05) is 6.92 Å². The molecule has 0 aromatic heterocycles. The van der Waals surface area contributed by atoms with Gasteiger partial charge < -0.3 is 29.6 Å². The molecule has 0 radical (unpaired) electrons. The van der Waals surface area contributed by atoms with E-state index in [2.05, 4.69) is 41.8 Å². The van der Waals surface area contributed by atoms with Crippen molar-refractivity contribution in [2.45, 2.75) is 39.8 Å². The topological polar surface area (TPSA) is 73.3 Å². The van der Waals surface area contributed by atoms with Crippen LogP contribution in [0.4, 0.5) is 0 Å². The number of hydrogen-bond donors (Lipinski definition) is 2. The van der Waals surface area contributed by atoms with Crippen LogP contribution in [-0.4, -0.2) is 65.3 Å². The summed E-state index contributed by atoms with van der Waals surface area (Å²) in [6.45, 7) is 12.2. The molecule has 1 unspecified atom stereocenters. The maximum atomic E-state index is 5.76. The fraction of sp³-hybridized carbons (Fsp3) is 0.696. The number of hydrogen-bond acceptors (Lipinski definition) is 5. The van der Waals surface area contributed by atoms with Crippen LogP contribution in [0.5, 0.6) is 0 Å². The molecule has 2 N–H and O–H groups in total. The number of halogens is 1. The minimum atomic E-state index is 0. The van der Waals surface area contributed by atoms with E-state index in [-0.39, 0.29) is 24.0 Å². The summed E-state index contributed by atoms with van der Waals surface area (Å²) in [5.74, 6) is 1.41. The van der Waals surface area contributed by atoms with Crippen LogP contribution >= 0.6 is 24.0 Å². The largest absolute Gasteiger partial charge is 0.381 e. The van der Waals surface area contributed by atoms with Crippen molar-refractivity contribution in [2.75, 3.05) is 59.3 Å². The van der Waals surface area contributed by atoms with Crippen LogP contribution < -0.4 is 10.6 Å². The highest BCUT2D eigenvalue weighted by Crippen LogP contribution is 2.12. The molecule has 7 nitrogen and oxygen atoms in total. The summed E-state index contributed by atoms with van der Waals surface area (Å²) in [7, 11) is 0. The van der Waals surface area contributed by atoms with Gasteiger partial charge in [-0.05, 0) is 37.8 Å². The first kappa shape index (κ1) is 28.1. The second-order valence-electron chi connectivity index (χ2n) is 7.35. The van der Waals surface area contributed by atoms with E-state index < -0.39 is 0 Å². The number of nitrogens with zero attached hydrogens (tertiary/aromatic N) is 1. The molecule has 0 spiro atoms. The highest BCUT2D eigenvalue weighted by Gasteiger charge is 2.15. The van der Waals surface area contributed by atoms with Gasteiger partial charge in [0.1, 0.15) is 0 Å². The molecule has 2 rings (SSSR count). The second kappa shape index (κ2) is 18.6. The summed E-state index contributed by atoms with van der Waals surface area (Å²) in [5, 5.41) is 6.68. The van der Waals surface area contributed by atoms with E-state index in [0.717, 1.165) is 70.5 Å². The van der Waals surface area contributed by atoms with E-state index in [4.69, 9.17) is 23.9 Å². The first-order valence-electron chi connectivity index (χ1n) is 11.2. The Balaban J connectivity index is 0.00000480. The zero-order valence-electron chi connectivity index (χ0n) is 19.1. The van der Waals surface area contributed by atoms with Gasteiger partial charge in [0.2, 0.25) is 0 Å². The molecule has 1 atom stereocenters. The predicted octanol–water partition coefficient (Wildman–Crippen LogP) is 3.36.